The van der Waals surface area contributed by atoms with Crippen LogP contribution in [0.5, 0.6) is 5.75 Å². The van der Waals surface area contributed by atoms with E-state index in [1.807, 2.05) is 20.8 Å². The van der Waals surface area contributed by atoms with E-state index in [-0.39, 0.29) is 40.7 Å². The average Bonchev–Trinajstić information content (AvgIpc) is 2.62. The zero-order chi connectivity index (χ0) is 23.3. The summed E-state index contributed by atoms with van der Waals surface area (Å²) in [4.78, 5) is 31.6. The Hall–Kier alpha value is -3.41. The summed E-state index contributed by atoms with van der Waals surface area (Å²) in [7, 11) is -3.79. The Morgan fingerprint density at radius 2 is 1.87 bits per heavy atom. The number of anilines is 4. The number of benzene rings is 1. The summed E-state index contributed by atoms with van der Waals surface area (Å²) in [6, 6.07) is 4.39. The highest BCUT2D eigenvalue weighted by Gasteiger charge is 2.17. The van der Waals surface area contributed by atoms with Crippen LogP contribution in [0.3, 0.4) is 0 Å². The topological polar surface area (TPSA) is 165 Å². The van der Waals surface area contributed by atoms with Gasteiger partial charge in [0.25, 0.3) is 5.91 Å². The van der Waals surface area contributed by atoms with Crippen molar-refractivity contribution in [3.05, 3.63) is 30.0 Å². The molecule has 1 unspecified atom stereocenters. The maximum atomic E-state index is 11.7. The molecule has 168 valence electrons. The minimum atomic E-state index is -3.79. The van der Waals surface area contributed by atoms with Crippen LogP contribution in [0, 0.1) is 5.92 Å². The molecule has 12 heteroatoms. The van der Waals surface area contributed by atoms with E-state index < -0.39 is 21.9 Å². The lowest BCUT2D eigenvalue weighted by Gasteiger charge is -2.20. The number of nitrogens with zero attached hydrogens (tertiary/aromatic N) is 2. The number of hydrogen-bond acceptors (Lipinski definition) is 9. The van der Waals surface area contributed by atoms with Crippen molar-refractivity contribution in [2.75, 3.05) is 22.2 Å². The summed E-state index contributed by atoms with van der Waals surface area (Å²) < 4.78 is 27.8. The Morgan fingerprint density at radius 1 is 1.19 bits per heavy atom. The van der Waals surface area contributed by atoms with Gasteiger partial charge in [-0.15, -0.1) is 0 Å². The zero-order valence-electron chi connectivity index (χ0n) is 17.9. The highest BCUT2D eigenvalue weighted by atomic mass is 32.2. The van der Waals surface area contributed by atoms with Gasteiger partial charge < -0.3 is 25.9 Å². The van der Waals surface area contributed by atoms with E-state index in [4.69, 9.17) is 9.92 Å². The molecule has 2 amide bonds. The standard InChI is InChI=1S/C19H26N6O5S/c1-10(2)11(3)22-18-14(17(20)27)9-21-19(25-18)24-13-6-7-16(30-31(5,28)29)15(8-13)23-12(4)26/h6-11H,1-5H3,(H2,20,27)(H,23,26)(H2,21,22,24,25). The van der Waals surface area contributed by atoms with Gasteiger partial charge in [0.2, 0.25) is 11.9 Å². The molecule has 0 saturated carbocycles. The largest absolute Gasteiger partial charge is 0.380 e. The van der Waals surface area contributed by atoms with Crippen molar-refractivity contribution < 1.29 is 22.2 Å². The number of carbonyl (C=O) groups is 2. The van der Waals surface area contributed by atoms with Gasteiger partial charge in [0, 0.05) is 24.8 Å². The predicted molar refractivity (Wildman–Crippen MR) is 118 cm³/mol. The molecule has 0 bridgehead atoms. The predicted octanol–water partition coefficient (Wildman–Crippen LogP) is 2.07. The van der Waals surface area contributed by atoms with E-state index in [1.54, 1.807) is 0 Å². The maximum Gasteiger partial charge on any atom is 0.306 e. The van der Waals surface area contributed by atoms with Crippen molar-refractivity contribution in [1.29, 1.82) is 0 Å². The van der Waals surface area contributed by atoms with Crippen LogP contribution in [0.1, 0.15) is 38.1 Å². The van der Waals surface area contributed by atoms with Gasteiger partial charge in [-0.3, -0.25) is 9.59 Å². The minimum absolute atomic E-state index is 0.0136. The molecule has 0 spiro atoms. The van der Waals surface area contributed by atoms with Gasteiger partial charge in [0.1, 0.15) is 5.82 Å². The fourth-order valence-corrected chi connectivity index (χ4v) is 2.85. The molecule has 1 aromatic heterocycles. The summed E-state index contributed by atoms with van der Waals surface area (Å²) >= 11 is 0. The molecule has 0 aliphatic carbocycles. The molecule has 1 aromatic carbocycles. The first-order chi connectivity index (χ1) is 14.4. The molecule has 11 nitrogen and oxygen atoms in total. The number of primary amides is 1. The van der Waals surface area contributed by atoms with Crippen LogP contribution in [-0.2, 0) is 14.9 Å². The van der Waals surface area contributed by atoms with Crippen LogP contribution in [0.25, 0.3) is 0 Å². The molecule has 2 aromatic rings. The second-order valence-electron chi connectivity index (χ2n) is 7.30. The number of nitrogens with two attached hydrogens (primary N) is 1. The van der Waals surface area contributed by atoms with E-state index in [1.165, 1.54) is 31.3 Å². The summed E-state index contributed by atoms with van der Waals surface area (Å²) in [5.41, 5.74) is 6.15. The third-order valence-electron chi connectivity index (χ3n) is 4.21. The second kappa shape index (κ2) is 9.60. The highest BCUT2D eigenvalue weighted by Crippen LogP contribution is 2.30. The first-order valence-corrected chi connectivity index (χ1v) is 11.2. The number of carbonyl (C=O) groups excluding carboxylic acids is 2. The molecule has 0 aliphatic rings. The lowest BCUT2D eigenvalue weighted by atomic mass is 10.1. The fourth-order valence-electron chi connectivity index (χ4n) is 2.37. The molecule has 1 atom stereocenters. The number of aromatic nitrogens is 2. The van der Waals surface area contributed by atoms with Gasteiger partial charge in [-0.1, -0.05) is 13.8 Å². The van der Waals surface area contributed by atoms with Gasteiger partial charge in [0.15, 0.2) is 5.75 Å². The van der Waals surface area contributed by atoms with E-state index >= 15 is 0 Å². The van der Waals surface area contributed by atoms with Gasteiger partial charge in [-0.25, -0.2) is 4.98 Å². The molecule has 0 fully saturated rings. The molecule has 1 heterocycles. The Kier molecular flexibility index (Phi) is 7.39. The van der Waals surface area contributed by atoms with Crippen molar-refractivity contribution in [2.24, 2.45) is 11.7 Å². The van der Waals surface area contributed by atoms with Crippen molar-refractivity contribution in [3.63, 3.8) is 0 Å². The van der Waals surface area contributed by atoms with Crippen LogP contribution < -0.4 is 25.9 Å². The van der Waals surface area contributed by atoms with Crippen LogP contribution in [0.15, 0.2) is 24.4 Å². The van der Waals surface area contributed by atoms with Crippen molar-refractivity contribution in [3.8, 4) is 5.75 Å². The van der Waals surface area contributed by atoms with Crippen LogP contribution in [0.2, 0.25) is 0 Å². The molecule has 5 N–H and O–H groups in total. The van der Waals surface area contributed by atoms with Gasteiger partial charge in [0.05, 0.1) is 17.5 Å². The van der Waals surface area contributed by atoms with Crippen LogP contribution in [0.4, 0.5) is 23.1 Å². The first-order valence-electron chi connectivity index (χ1n) is 9.37. The lowest BCUT2D eigenvalue weighted by Crippen LogP contribution is -2.25. The van der Waals surface area contributed by atoms with Crippen molar-refractivity contribution in [2.45, 2.75) is 33.7 Å². The fraction of sp³-hybridized carbons (Fsp3) is 0.368. The molecule has 31 heavy (non-hydrogen) atoms. The molecule has 0 aliphatic heterocycles. The third-order valence-corrected chi connectivity index (χ3v) is 4.69. The molecular formula is C19H26N6O5S. The number of hydrogen-bond donors (Lipinski definition) is 4. The Labute approximate surface area is 180 Å². The SMILES string of the molecule is CC(=O)Nc1cc(Nc2ncc(C(N)=O)c(NC(C)C(C)C)n2)ccc1OS(C)(=O)=O. The quantitative estimate of drug-likeness (QED) is 0.418. The van der Waals surface area contributed by atoms with E-state index in [0.717, 1.165) is 6.26 Å². The summed E-state index contributed by atoms with van der Waals surface area (Å²) in [5.74, 6) is -0.401. The normalized spacial score (nSPS) is 12.2. The highest BCUT2D eigenvalue weighted by molar-refractivity contribution is 7.86. The van der Waals surface area contributed by atoms with Crippen molar-refractivity contribution in [1.82, 2.24) is 9.97 Å². The number of nitrogens with one attached hydrogen (secondary N) is 3. The first kappa shape index (κ1) is 23.9. The Bertz CT molecular complexity index is 1090. The smallest absolute Gasteiger partial charge is 0.306 e. The van der Waals surface area contributed by atoms with Crippen LogP contribution >= 0.6 is 0 Å². The van der Waals surface area contributed by atoms with Gasteiger partial charge in [-0.2, -0.15) is 13.4 Å². The Balaban J connectivity index is 2.38. The molecular weight excluding hydrogens is 424 g/mol. The molecule has 2 rings (SSSR count). The lowest BCUT2D eigenvalue weighted by molar-refractivity contribution is -0.114. The minimum Gasteiger partial charge on any atom is -0.380 e. The monoisotopic (exact) mass is 450 g/mol. The summed E-state index contributed by atoms with van der Waals surface area (Å²) in [6.07, 6.45) is 2.21. The third kappa shape index (κ3) is 7.10. The summed E-state index contributed by atoms with van der Waals surface area (Å²) in [6.45, 7) is 7.27. The second-order valence-corrected chi connectivity index (χ2v) is 8.88. The van der Waals surface area contributed by atoms with Gasteiger partial charge in [-0.05, 0) is 31.0 Å². The average molecular weight is 451 g/mol. The maximum absolute atomic E-state index is 11.7. The number of rotatable bonds is 9. The molecule has 0 saturated heterocycles. The van der Waals surface area contributed by atoms with Gasteiger partial charge >= 0.3 is 10.1 Å². The van der Waals surface area contributed by atoms with E-state index in [9.17, 15) is 18.0 Å². The Morgan fingerprint density at radius 3 is 2.42 bits per heavy atom. The van der Waals surface area contributed by atoms with Crippen molar-refractivity contribution >= 4 is 45.1 Å². The summed E-state index contributed by atoms with van der Waals surface area (Å²) in [5, 5.41) is 8.61. The zero-order valence-corrected chi connectivity index (χ0v) is 18.7. The van der Waals surface area contributed by atoms with E-state index in [0.29, 0.717) is 5.69 Å². The number of amides is 2. The molecule has 0 radical (unpaired) electrons. The van der Waals surface area contributed by atoms with Crippen LogP contribution in [-0.4, -0.2) is 42.5 Å². The van der Waals surface area contributed by atoms with E-state index in [2.05, 4.69) is 25.9 Å².